The van der Waals surface area contributed by atoms with Crippen LogP contribution in [-0.4, -0.2) is 23.3 Å². The standard InChI is InChI=1S/C13H14Br2N2O/c14-10-1-3-11(4-2-10)17-7-5-13(6-8-17)9-12(15)16-18-13/h1-4H,5-9H2. The van der Waals surface area contributed by atoms with Crippen molar-refractivity contribution in [1.29, 1.82) is 0 Å². The number of anilines is 1. The van der Waals surface area contributed by atoms with Crippen LogP contribution in [-0.2, 0) is 4.84 Å². The van der Waals surface area contributed by atoms with Gasteiger partial charge in [0.1, 0.15) is 10.2 Å². The van der Waals surface area contributed by atoms with Crippen LogP contribution in [0.2, 0.25) is 0 Å². The van der Waals surface area contributed by atoms with Crippen molar-refractivity contribution in [3.05, 3.63) is 28.7 Å². The van der Waals surface area contributed by atoms with E-state index >= 15 is 0 Å². The van der Waals surface area contributed by atoms with Gasteiger partial charge in [-0.1, -0.05) is 21.1 Å². The Kier molecular flexibility index (Phi) is 3.36. The first-order valence-corrected chi connectivity index (χ1v) is 7.67. The van der Waals surface area contributed by atoms with E-state index in [4.69, 9.17) is 4.84 Å². The number of hydrogen-bond acceptors (Lipinski definition) is 3. The average Bonchev–Trinajstić information content (AvgIpc) is 2.73. The number of halogens is 2. The Balaban J connectivity index is 1.65. The van der Waals surface area contributed by atoms with E-state index in [0.717, 1.165) is 41.4 Å². The maximum absolute atomic E-state index is 5.60. The second-order valence-corrected chi connectivity index (χ2v) is 6.71. The Morgan fingerprint density at radius 1 is 1.11 bits per heavy atom. The van der Waals surface area contributed by atoms with Crippen LogP contribution in [0.4, 0.5) is 5.69 Å². The van der Waals surface area contributed by atoms with Gasteiger partial charge in [0.05, 0.1) is 0 Å². The van der Waals surface area contributed by atoms with Gasteiger partial charge in [0, 0.05) is 42.5 Å². The monoisotopic (exact) mass is 372 g/mol. The molecular weight excluding hydrogens is 360 g/mol. The molecule has 0 N–H and O–H groups in total. The lowest BCUT2D eigenvalue weighted by molar-refractivity contribution is -0.0359. The summed E-state index contributed by atoms with van der Waals surface area (Å²) in [6.45, 7) is 2.05. The van der Waals surface area contributed by atoms with Gasteiger partial charge in [-0.15, -0.1) is 0 Å². The molecule has 2 heterocycles. The van der Waals surface area contributed by atoms with Gasteiger partial charge in [-0.2, -0.15) is 0 Å². The smallest absolute Gasteiger partial charge is 0.147 e. The maximum atomic E-state index is 5.60. The molecule has 18 heavy (non-hydrogen) atoms. The molecule has 0 radical (unpaired) electrons. The highest BCUT2D eigenvalue weighted by molar-refractivity contribution is 9.18. The molecule has 1 spiro atoms. The Morgan fingerprint density at radius 3 is 2.33 bits per heavy atom. The van der Waals surface area contributed by atoms with Crippen molar-refractivity contribution < 1.29 is 4.84 Å². The third kappa shape index (κ3) is 2.43. The molecule has 3 rings (SSSR count). The molecule has 0 bridgehead atoms. The van der Waals surface area contributed by atoms with Gasteiger partial charge in [-0.05, 0) is 40.2 Å². The third-order valence-electron chi connectivity index (χ3n) is 3.67. The number of hydrogen-bond donors (Lipinski definition) is 0. The van der Waals surface area contributed by atoms with Crippen molar-refractivity contribution >= 4 is 42.2 Å². The molecule has 1 saturated heterocycles. The molecule has 0 aliphatic carbocycles. The first-order chi connectivity index (χ1) is 8.67. The zero-order valence-electron chi connectivity index (χ0n) is 9.90. The fourth-order valence-corrected chi connectivity index (χ4v) is 3.42. The minimum absolute atomic E-state index is 0.0509. The first kappa shape index (κ1) is 12.5. The minimum atomic E-state index is -0.0509. The van der Waals surface area contributed by atoms with Gasteiger partial charge in [-0.25, -0.2) is 0 Å². The zero-order valence-corrected chi connectivity index (χ0v) is 13.1. The second-order valence-electron chi connectivity index (χ2n) is 4.88. The minimum Gasteiger partial charge on any atom is -0.388 e. The van der Waals surface area contributed by atoms with Gasteiger partial charge in [-0.3, -0.25) is 0 Å². The second kappa shape index (κ2) is 4.85. The van der Waals surface area contributed by atoms with Gasteiger partial charge in [0.15, 0.2) is 0 Å². The number of benzene rings is 1. The number of piperidine rings is 1. The van der Waals surface area contributed by atoms with Crippen LogP contribution in [0.5, 0.6) is 0 Å². The SMILES string of the molecule is BrC1=NOC2(CCN(c3ccc(Br)cc3)CC2)C1. The Morgan fingerprint density at radius 2 is 1.78 bits per heavy atom. The van der Waals surface area contributed by atoms with Crippen molar-refractivity contribution in [3.63, 3.8) is 0 Å². The highest BCUT2D eigenvalue weighted by atomic mass is 79.9. The fourth-order valence-electron chi connectivity index (χ4n) is 2.57. The highest BCUT2D eigenvalue weighted by Gasteiger charge is 2.41. The predicted molar refractivity (Wildman–Crippen MR) is 80.4 cm³/mol. The van der Waals surface area contributed by atoms with Crippen molar-refractivity contribution in [2.45, 2.75) is 24.9 Å². The van der Waals surface area contributed by atoms with Crippen molar-refractivity contribution in [1.82, 2.24) is 0 Å². The molecule has 0 amide bonds. The maximum Gasteiger partial charge on any atom is 0.147 e. The molecule has 1 aromatic rings. The predicted octanol–water partition coefficient (Wildman–Crippen LogP) is 3.92. The Bertz CT molecular complexity index is 464. The largest absolute Gasteiger partial charge is 0.388 e. The molecule has 1 aromatic carbocycles. The summed E-state index contributed by atoms with van der Waals surface area (Å²) in [7, 11) is 0. The summed E-state index contributed by atoms with van der Waals surface area (Å²) >= 11 is 6.89. The fraction of sp³-hybridized carbons (Fsp3) is 0.462. The molecule has 2 aliphatic rings. The number of rotatable bonds is 1. The number of oxime groups is 1. The molecule has 0 atom stereocenters. The van der Waals surface area contributed by atoms with E-state index in [1.165, 1.54) is 5.69 Å². The summed E-state index contributed by atoms with van der Waals surface area (Å²) < 4.78 is 2.07. The Hall–Kier alpha value is -0.550. The van der Waals surface area contributed by atoms with Gasteiger partial charge >= 0.3 is 0 Å². The van der Waals surface area contributed by atoms with Crippen LogP contribution in [0.15, 0.2) is 33.9 Å². The summed E-state index contributed by atoms with van der Waals surface area (Å²) in [6, 6.07) is 8.49. The quantitative estimate of drug-likeness (QED) is 0.745. The molecular formula is C13H14Br2N2O. The summed E-state index contributed by atoms with van der Waals surface area (Å²) in [5, 5.41) is 4.03. The average molecular weight is 374 g/mol. The van der Waals surface area contributed by atoms with Crippen LogP contribution in [0.3, 0.4) is 0 Å². The lowest BCUT2D eigenvalue weighted by atomic mass is 9.89. The molecule has 5 heteroatoms. The van der Waals surface area contributed by atoms with E-state index in [0.29, 0.717) is 0 Å². The van der Waals surface area contributed by atoms with Crippen molar-refractivity contribution in [3.8, 4) is 0 Å². The van der Waals surface area contributed by atoms with Crippen LogP contribution in [0.25, 0.3) is 0 Å². The van der Waals surface area contributed by atoms with E-state index in [1.54, 1.807) is 0 Å². The van der Waals surface area contributed by atoms with E-state index in [1.807, 2.05) is 0 Å². The van der Waals surface area contributed by atoms with Crippen molar-refractivity contribution in [2.75, 3.05) is 18.0 Å². The van der Waals surface area contributed by atoms with Crippen LogP contribution >= 0.6 is 31.9 Å². The van der Waals surface area contributed by atoms with E-state index in [9.17, 15) is 0 Å². The normalized spacial score (nSPS) is 21.9. The van der Waals surface area contributed by atoms with Gasteiger partial charge < -0.3 is 9.74 Å². The highest BCUT2D eigenvalue weighted by Crippen LogP contribution is 2.37. The van der Waals surface area contributed by atoms with Gasteiger partial charge in [0.2, 0.25) is 0 Å². The van der Waals surface area contributed by atoms with Crippen molar-refractivity contribution in [2.24, 2.45) is 5.16 Å². The number of nitrogens with zero attached hydrogens (tertiary/aromatic N) is 2. The molecule has 3 nitrogen and oxygen atoms in total. The summed E-state index contributed by atoms with van der Waals surface area (Å²) in [6.07, 6.45) is 2.98. The molecule has 0 saturated carbocycles. The van der Waals surface area contributed by atoms with Gasteiger partial charge in [0.25, 0.3) is 0 Å². The summed E-state index contributed by atoms with van der Waals surface area (Å²) in [4.78, 5) is 8.01. The van der Waals surface area contributed by atoms with E-state index < -0.39 is 0 Å². The van der Waals surface area contributed by atoms with Crippen LogP contribution in [0, 0.1) is 0 Å². The lowest BCUT2D eigenvalue weighted by Crippen LogP contribution is -2.44. The summed E-state index contributed by atoms with van der Waals surface area (Å²) in [5.74, 6) is 0. The lowest BCUT2D eigenvalue weighted by Gasteiger charge is -2.38. The Labute approximate surface area is 123 Å². The summed E-state index contributed by atoms with van der Waals surface area (Å²) in [5.41, 5.74) is 1.23. The van der Waals surface area contributed by atoms with Crippen LogP contribution in [0.1, 0.15) is 19.3 Å². The molecule has 0 aromatic heterocycles. The molecule has 2 aliphatic heterocycles. The molecule has 1 fully saturated rings. The van der Waals surface area contributed by atoms with E-state index in [2.05, 4.69) is 66.2 Å². The topological polar surface area (TPSA) is 24.8 Å². The first-order valence-electron chi connectivity index (χ1n) is 6.08. The van der Waals surface area contributed by atoms with E-state index in [-0.39, 0.29) is 5.60 Å². The third-order valence-corrected chi connectivity index (χ3v) is 4.63. The molecule has 96 valence electrons. The molecule has 0 unspecified atom stereocenters. The zero-order chi connectivity index (χ0) is 12.6. The van der Waals surface area contributed by atoms with Crippen LogP contribution < -0.4 is 4.90 Å².